The van der Waals surface area contributed by atoms with Gasteiger partial charge in [0.2, 0.25) is 11.8 Å². The van der Waals surface area contributed by atoms with Crippen LogP contribution in [-0.2, 0) is 14.3 Å². The van der Waals surface area contributed by atoms with Crippen molar-refractivity contribution in [3.8, 4) is 0 Å². The normalized spacial score (nSPS) is 30.0. The summed E-state index contributed by atoms with van der Waals surface area (Å²) in [6, 6.07) is -0.102. The summed E-state index contributed by atoms with van der Waals surface area (Å²) in [5.41, 5.74) is 5.19. The molecule has 0 aliphatic carbocycles. The van der Waals surface area contributed by atoms with E-state index in [2.05, 4.69) is 5.32 Å². The number of nitrogens with two attached hydrogens (primary N) is 1. The first kappa shape index (κ1) is 12.3. The first-order valence-corrected chi connectivity index (χ1v) is 6.11. The molecule has 0 aromatic rings. The van der Waals surface area contributed by atoms with Crippen molar-refractivity contribution >= 4 is 11.8 Å². The summed E-state index contributed by atoms with van der Waals surface area (Å²) < 4.78 is 5.22. The van der Waals surface area contributed by atoms with Crippen LogP contribution in [-0.4, -0.2) is 55.1 Å². The summed E-state index contributed by atoms with van der Waals surface area (Å²) in [6.45, 7) is 2.10. The van der Waals surface area contributed by atoms with Crippen LogP contribution < -0.4 is 11.1 Å². The van der Waals surface area contributed by atoms with Crippen molar-refractivity contribution in [3.05, 3.63) is 0 Å². The van der Waals surface area contributed by atoms with E-state index in [1.165, 1.54) is 0 Å². The van der Waals surface area contributed by atoms with E-state index < -0.39 is 12.0 Å². The molecular weight excluding hydrogens is 222 g/mol. The Balaban J connectivity index is 1.91. The van der Waals surface area contributed by atoms with E-state index in [4.69, 9.17) is 10.5 Å². The predicted molar refractivity (Wildman–Crippen MR) is 61.2 cm³/mol. The number of piperidine rings is 1. The second-order valence-corrected chi connectivity index (χ2v) is 4.55. The van der Waals surface area contributed by atoms with Crippen LogP contribution in [0.15, 0.2) is 0 Å². The number of ether oxygens (including phenoxy) is 1. The molecule has 0 spiro atoms. The van der Waals surface area contributed by atoms with Gasteiger partial charge in [0.1, 0.15) is 0 Å². The highest BCUT2D eigenvalue weighted by atomic mass is 16.5. The molecule has 2 aliphatic rings. The van der Waals surface area contributed by atoms with Crippen LogP contribution in [0.5, 0.6) is 0 Å². The van der Waals surface area contributed by atoms with E-state index in [9.17, 15) is 9.59 Å². The molecular formula is C11H19N3O3. The van der Waals surface area contributed by atoms with Crippen LogP contribution in [0.1, 0.15) is 19.3 Å². The van der Waals surface area contributed by atoms with E-state index in [0.29, 0.717) is 13.2 Å². The van der Waals surface area contributed by atoms with Crippen molar-refractivity contribution in [2.45, 2.75) is 31.4 Å². The lowest BCUT2D eigenvalue weighted by Crippen LogP contribution is -2.55. The summed E-state index contributed by atoms with van der Waals surface area (Å²) in [5, 5.41) is 3.21. The number of nitrogens with zero attached hydrogens (tertiary/aromatic N) is 1. The molecule has 0 saturated carbocycles. The van der Waals surface area contributed by atoms with Crippen LogP contribution in [0.3, 0.4) is 0 Å². The lowest BCUT2D eigenvalue weighted by atomic mass is 10.0. The third-order valence-electron chi connectivity index (χ3n) is 3.30. The van der Waals surface area contributed by atoms with Crippen molar-refractivity contribution in [2.75, 3.05) is 26.2 Å². The number of hydrogen-bond donors (Lipinski definition) is 2. The zero-order valence-electron chi connectivity index (χ0n) is 9.85. The van der Waals surface area contributed by atoms with Gasteiger partial charge < -0.3 is 20.7 Å². The maximum Gasteiger partial charge on any atom is 0.248 e. The van der Waals surface area contributed by atoms with Crippen molar-refractivity contribution < 1.29 is 14.3 Å². The zero-order chi connectivity index (χ0) is 12.3. The van der Waals surface area contributed by atoms with Gasteiger partial charge in [-0.25, -0.2) is 0 Å². The molecule has 2 rings (SSSR count). The van der Waals surface area contributed by atoms with Gasteiger partial charge in [0.25, 0.3) is 0 Å². The number of carbonyl (C=O) groups excluding carboxylic acids is 2. The molecule has 2 atom stereocenters. The molecule has 6 nitrogen and oxygen atoms in total. The Hall–Kier alpha value is -1.14. The molecule has 2 heterocycles. The molecule has 3 N–H and O–H groups in total. The molecule has 0 radical (unpaired) electrons. The number of hydrogen-bond acceptors (Lipinski definition) is 4. The van der Waals surface area contributed by atoms with Gasteiger partial charge in [-0.15, -0.1) is 0 Å². The molecule has 2 aliphatic heterocycles. The fourth-order valence-corrected chi connectivity index (χ4v) is 2.30. The van der Waals surface area contributed by atoms with Crippen molar-refractivity contribution in [1.82, 2.24) is 10.2 Å². The fraction of sp³-hybridized carbons (Fsp3) is 0.818. The highest BCUT2D eigenvalue weighted by molar-refractivity contribution is 5.84. The number of primary amides is 1. The number of amides is 2. The topological polar surface area (TPSA) is 84.7 Å². The Kier molecular flexibility index (Phi) is 3.96. The van der Waals surface area contributed by atoms with E-state index >= 15 is 0 Å². The standard InChI is InChI=1S/C11H19N3O3/c12-10(15)9-7-14(5-6-17-9)11(16)8-3-1-2-4-13-8/h8-9,13H,1-7H2,(H2,12,15)/t8-,9-/m1/s1. The predicted octanol–water partition coefficient (Wildman–Crippen LogP) is -1.16. The Morgan fingerprint density at radius 1 is 1.35 bits per heavy atom. The Morgan fingerprint density at radius 3 is 2.82 bits per heavy atom. The van der Waals surface area contributed by atoms with Gasteiger partial charge >= 0.3 is 0 Å². The largest absolute Gasteiger partial charge is 0.367 e. The van der Waals surface area contributed by atoms with Gasteiger partial charge in [0, 0.05) is 6.54 Å². The quantitative estimate of drug-likeness (QED) is 0.639. The van der Waals surface area contributed by atoms with E-state index in [1.54, 1.807) is 4.90 Å². The highest BCUT2D eigenvalue weighted by Gasteiger charge is 2.31. The second-order valence-electron chi connectivity index (χ2n) is 4.55. The van der Waals surface area contributed by atoms with E-state index in [0.717, 1.165) is 25.8 Å². The Morgan fingerprint density at radius 2 is 2.18 bits per heavy atom. The lowest BCUT2D eigenvalue weighted by molar-refractivity contribution is -0.147. The van der Waals surface area contributed by atoms with Crippen molar-refractivity contribution in [3.63, 3.8) is 0 Å². The maximum atomic E-state index is 12.2. The fourth-order valence-electron chi connectivity index (χ4n) is 2.30. The average molecular weight is 241 g/mol. The monoisotopic (exact) mass is 241 g/mol. The summed E-state index contributed by atoms with van der Waals surface area (Å²) >= 11 is 0. The first-order chi connectivity index (χ1) is 8.18. The zero-order valence-corrected chi connectivity index (χ0v) is 9.85. The first-order valence-electron chi connectivity index (χ1n) is 6.11. The third-order valence-corrected chi connectivity index (χ3v) is 3.30. The minimum absolute atomic E-state index is 0.0688. The minimum atomic E-state index is -0.656. The summed E-state index contributed by atoms with van der Waals surface area (Å²) in [6.07, 6.45) is 2.41. The second kappa shape index (κ2) is 5.46. The van der Waals surface area contributed by atoms with Crippen LogP contribution in [0.2, 0.25) is 0 Å². The molecule has 6 heteroatoms. The third kappa shape index (κ3) is 2.95. The number of carbonyl (C=O) groups is 2. The van der Waals surface area contributed by atoms with Gasteiger partial charge in [0.15, 0.2) is 6.10 Å². The van der Waals surface area contributed by atoms with Gasteiger partial charge in [0.05, 0.1) is 19.2 Å². The average Bonchev–Trinajstić information content (AvgIpc) is 2.39. The van der Waals surface area contributed by atoms with Gasteiger partial charge in [-0.3, -0.25) is 9.59 Å². The molecule has 0 aromatic heterocycles. The SMILES string of the molecule is NC(=O)[C@H]1CN(C(=O)[C@H]2CCCCN2)CCO1. The molecule has 96 valence electrons. The molecule has 2 saturated heterocycles. The van der Waals surface area contributed by atoms with Crippen LogP contribution in [0.4, 0.5) is 0 Å². The smallest absolute Gasteiger partial charge is 0.248 e. The highest BCUT2D eigenvalue weighted by Crippen LogP contribution is 2.12. The number of morpholine rings is 1. The maximum absolute atomic E-state index is 12.2. The minimum Gasteiger partial charge on any atom is -0.367 e. The molecule has 0 aromatic carbocycles. The van der Waals surface area contributed by atoms with Crippen molar-refractivity contribution in [2.24, 2.45) is 5.73 Å². The lowest BCUT2D eigenvalue weighted by Gasteiger charge is -2.35. The molecule has 17 heavy (non-hydrogen) atoms. The summed E-state index contributed by atoms with van der Waals surface area (Å²) in [4.78, 5) is 24.9. The number of nitrogens with one attached hydrogen (secondary N) is 1. The van der Waals surface area contributed by atoms with Crippen LogP contribution in [0, 0.1) is 0 Å². The van der Waals surface area contributed by atoms with Crippen LogP contribution in [0.25, 0.3) is 0 Å². The Labute approximate surface area is 100 Å². The molecule has 2 fully saturated rings. The van der Waals surface area contributed by atoms with Gasteiger partial charge in [-0.1, -0.05) is 6.42 Å². The summed E-state index contributed by atoms with van der Waals surface area (Å²) in [7, 11) is 0. The molecule has 0 unspecified atom stereocenters. The van der Waals surface area contributed by atoms with Crippen molar-refractivity contribution in [1.29, 1.82) is 0 Å². The van der Waals surface area contributed by atoms with E-state index in [-0.39, 0.29) is 18.5 Å². The van der Waals surface area contributed by atoms with Crippen LogP contribution >= 0.6 is 0 Å². The molecule has 2 amide bonds. The van der Waals surface area contributed by atoms with Gasteiger partial charge in [-0.05, 0) is 19.4 Å². The Bertz CT molecular complexity index is 302. The van der Waals surface area contributed by atoms with Gasteiger partial charge in [-0.2, -0.15) is 0 Å². The van der Waals surface area contributed by atoms with E-state index in [1.807, 2.05) is 0 Å². The molecule has 0 bridgehead atoms. The number of rotatable bonds is 2. The summed E-state index contributed by atoms with van der Waals surface area (Å²) in [5.74, 6) is -0.432.